The Kier molecular flexibility index (Phi) is 10.2. The van der Waals surface area contributed by atoms with Crippen LogP contribution < -0.4 is 25.5 Å². The zero-order valence-corrected chi connectivity index (χ0v) is 24.1. The number of halogens is 1. The van der Waals surface area contributed by atoms with Crippen molar-refractivity contribution in [3.63, 3.8) is 0 Å². The maximum absolute atomic E-state index is 12.5. The molecule has 0 aliphatic heterocycles. The number of nitrogens with zero attached hydrogens (tertiary/aromatic N) is 1. The van der Waals surface area contributed by atoms with Crippen molar-refractivity contribution in [2.45, 2.75) is 34.6 Å². The van der Waals surface area contributed by atoms with Crippen LogP contribution in [0.15, 0.2) is 58.1 Å². The summed E-state index contributed by atoms with van der Waals surface area (Å²) in [7, 11) is 0. The number of ether oxygens (including phenoxy) is 2. The van der Waals surface area contributed by atoms with Crippen LogP contribution in [0, 0.1) is 27.7 Å². The van der Waals surface area contributed by atoms with Crippen LogP contribution in [-0.4, -0.2) is 37.1 Å². The first-order valence-corrected chi connectivity index (χ1v) is 13.0. The maximum Gasteiger partial charge on any atom is 0.329 e. The molecule has 0 radical (unpaired) electrons. The average Bonchev–Trinajstić information content (AvgIpc) is 2.85. The number of carbonyl (C=O) groups excluding carboxylic acids is 3. The van der Waals surface area contributed by atoms with Crippen LogP contribution >= 0.6 is 15.9 Å². The number of amides is 3. The second kappa shape index (κ2) is 13.6. The summed E-state index contributed by atoms with van der Waals surface area (Å²) in [5, 5.41) is 9.25. The molecule has 0 fully saturated rings. The lowest BCUT2D eigenvalue weighted by Gasteiger charge is -2.15. The van der Waals surface area contributed by atoms with Gasteiger partial charge in [-0.2, -0.15) is 5.10 Å². The van der Waals surface area contributed by atoms with Gasteiger partial charge in [0.1, 0.15) is 0 Å². The van der Waals surface area contributed by atoms with Crippen LogP contribution in [0.4, 0.5) is 11.4 Å². The van der Waals surface area contributed by atoms with Gasteiger partial charge in [-0.1, -0.05) is 12.1 Å². The number of benzene rings is 3. The number of carbonyl (C=O) groups is 3. The monoisotopic (exact) mass is 594 g/mol. The summed E-state index contributed by atoms with van der Waals surface area (Å²) in [6.07, 6.45) is 1.37. The zero-order valence-electron chi connectivity index (χ0n) is 22.5. The third-order valence-corrected chi connectivity index (χ3v) is 6.12. The lowest BCUT2D eigenvalue weighted by Crippen LogP contribution is -2.32. The average molecular weight is 595 g/mol. The van der Waals surface area contributed by atoms with Crippen molar-refractivity contribution in [1.82, 2.24) is 5.43 Å². The standard InChI is InChI=1S/C29H31BrN4O5/c1-6-38-25-14-21(15-31-34-29(37)28(36)33-22-8-7-19(4)20(5)12-22)13-24(30)27(25)39-16-26(35)32-23-10-17(2)9-18(3)11-23/h7-15H,6,16H2,1-5H3,(H,32,35)(H,33,36)(H,34,37)/b31-15+. The molecule has 0 bridgehead atoms. The Morgan fingerprint density at radius 2 is 1.56 bits per heavy atom. The lowest BCUT2D eigenvalue weighted by atomic mass is 10.1. The zero-order chi connectivity index (χ0) is 28.5. The molecule has 10 heteroatoms. The van der Waals surface area contributed by atoms with Crippen LogP contribution in [0.1, 0.15) is 34.7 Å². The maximum atomic E-state index is 12.5. The topological polar surface area (TPSA) is 118 Å². The summed E-state index contributed by atoms with van der Waals surface area (Å²) in [5.41, 5.74) is 8.16. The van der Waals surface area contributed by atoms with Crippen LogP contribution in [0.2, 0.25) is 0 Å². The molecule has 0 atom stereocenters. The van der Waals surface area contributed by atoms with Crippen molar-refractivity contribution in [2.75, 3.05) is 23.8 Å². The van der Waals surface area contributed by atoms with Crippen LogP contribution in [0.25, 0.3) is 0 Å². The van der Waals surface area contributed by atoms with Crippen molar-refractivity contribution in [1.29, 1.82) is 0 Å². The molecular formula is C29H31BrN4O5. The van der Waals surface area contributed by atoms with Gasteiger partial charge in [-0.25, -0.2) is 5.43 Å². The summed E-state index contributed by atoms with van der Waals surface area (Å²) in [6.45, 7) is 9.74. The number of anilines is 2. The van der Waals surface area contributed by atoms with Gasteiger partial charge in [0, 0.05) is 11.4 Å². The minimum atomic E-state index is -0.914. The largest absolute Gasteiger partial charge is 0.490 e. The molecule has 0 unspecified atom stereocenters. The SMILES string of the molecule is CCOc1cc(/C=N/NC(=O)C(=O)Nc2ccc(C)c(C)c2)cc(Br)c1OCC(=O)Nc1cc(C)cc(C)c1. The molecular weight excluding hydrogens is 564 g/mol. The molecule has 0 aromatic heterocycles. The molecule has 0 spiro atoms. The predicted molar refractivity (Wildman–Crippen MR) is 156 cm³/mol. The molecule has 39 heavy (non-hydrogen) atoms. The highest BCUT2D eigenvalue weighted by atomic mass is 79.9. The molecule has 0 heterocycles. The quantitative estimate of drug-likeness (QED) is 0.179. The van der Waals surface area contributed by atoms with Crippen LogP contribution in [-0.2, 0) is 14.4 Å². The van der Waals surface area contributed by atoms with Gasteiger partial charge in [-0.3, -0.25) is 14.4 Å². The number of aryl methyl sites for hydroxylation is 4. The van der Waals surface area contributed by atoms with E-state index in [1.165, 1.54) is 6.21 Å². The van der Waals surface area contributed by atoms with E-state index in [4.69, 9.17) is 9.47 Å². The van der Waals surface area contributed by atoms with E-state index >= 15 is 0 Å². The second-order valence-electron chi connectivity index (χ2n) is 8.93. The first-order valence-electron chi connectivity index (χ1n) is 12.2. The molecule has 0 aliphatic rings. The molecule has 3 N–H and O–H groups in total. The molecule has 0 saturated carbocycles. The van der Waals surface area contributed by atoms with Gasteiger partial charge >= 0.3 is 11.8 Å². The number of rotatable bonds is 9. The summed E-state index contributed by atoms with van der Waals surface area (Å²) >= 11 is 3.45. The van der Waals surface area contributed by atoms with Crippen molar-refractivity contribution < 1.29 is 23.9 Å². The van der Waals surface area contributed by atoms with Crippen LogP contribution in [0.5, 0.6) is 11.5 Å². The predicted octanol–water partition coefficient (Wildman–Crippen LogP) is 5.19. The van der Waals surface area contributed by atoms with E-state index in [0.29, 0.717) is 39.5 Å². The highest BCUT2D eigenvalue weighted by Crippen LogP contribution is 2.36. The van der Waals surface area contributed by atoms with E-state index in [2.05, 4.69) is 37.1 Å². The minimum Gasteiger partial charge on any atom is -0.490 e. The second-order valence-corrected chi connectivity index (χ2v) is 9.78. The van der Waals surface area contributed by atoms with Gasteiger partial charge in [-0.05, 0) is 115 Å². The molecule has 0 saturated heterocycles. The first kappa shape index (κ1) is 29.4. The number of hydrogen-bond acceptors (Lipinski definition) is 6. The Labute approximate surface area is 236 Å². The van der Waals surface area contributed by atoms with Crippen molar-refractivity contribution >= 4 is 51.2 Å². The van der Waals surface area contributed by atoms with Gasteiger partial charge in [0.2, 0.25) is 0 Å². The fourth-order valence-electron chi connectivity index (χ4n) is 3.67. The van der Waals surface area contributed by atoms with Gasteiger partial charge in [0.25, 0.3) is 5.91 Å². The van der Waals surface area contributed by atoms with Crippen molar-refractivity contribution in [3.8, 4) is 11.5 Å². The smallest absolute Gasteiger partial charge is 0.329 e. The van der Waals surface area contributed by atoms with E-state index in [1.54, 1.807) is 24.3 Å². The highest BCUT2D eigenvalue weighted by Gasteiger charge is 2.15. The third-order valence-electron chi connectivity index (χ3n) is 5.54. The summed E-state index contributed by atoms with van der Waals surface area (Å²) in [4.78, 5) is 36.8. The van der Waals surface area contributed by atoms with Gasteiger partial charge < -0.3 is 20.1 Å². The summed E-state index contributed by atoms with van der Waals surface area (Å²) in [6, 6.07) is 14.5. The Hall–Kier alpha value is -4.18. The molecule has 3 rings (SSSR count). The first-order chi connectivity index (χ1) is 18.5. The van der Waals surface area contributed by atoms with Crippen LogP contribution in [0.3, 0.4) is 0 Å². The molecule has 3 aromatic rings. The number of nitrogens with one attached hydrogen (secondary N) is 3. The van der Waals surface area contributed by atoms with Crippen molar-refractivity contribution in [3.05, 3.63) is 80.8 Å². The summed E-state index contributed by atoms with van der Waals surface area (Å²) in [5.74, 6) is -1.34. The molecule has 3 aromatic carbocycles. The van der Waals surface area contributed by atoms with E-state index in [-0.39, 0.29) is 12.5 Å². The van der Waals surface area contributed by atoms with E-state index < -0.39 is 11.8 Å². The van der Waals surface area contributed by atoms with E-state index in [1.807, 2.05) is 58.9 Å². The molecule has 3 amide bonds. The Morgan fingerprint density at radius 3 is 2.23 bits per heavy atom. The number of hydrogen-bond donors (Lipinski definition) is 3. The van der Waals surface area contributed by atoms with E-state index in [0.717, 1.165) is 22.3 Å². The Morgan fingerprint density at radius 1 is 0.846 bits per heavy atom. The molecule has 0 aliphatic carbocycles. The minimum absolute atomic E-state index is 0.231. The highest BCUT2D eigenvalue weighted by molar-refractivity contribution is 9.10. The van der Waals surface area contributed by atoms with Gasteiger partial charge in [0.15, 0.2) is 18.1 Å². The van der Waals surface area contributed by atoms with Gasteiger partial charge in [-0.15, -0.1) is 0 Å². The van der Waals surface area contributed by atoms with Crippen molar-refractivity contribution in [2.24, 2.45) is 5.10 Å². The molecule has 9 nitrogen and oxygen atoms in total. The fourth-order valence-corrected chi connectivity index (χ4v) is 4.24. The lowest BCUT2D eigenvalue weighted by molar-refractivity contribution is -0.136. The van der Waals surface area contributed by atoms with E-state index in [9.17, 15) is 14.4 Å². The Bertz CT molecular complexity index is 1400. The normalized spacial score (nSPS) is 10.7. The third kappa shape index (κ3) is 8.68. The van der Waals surface area contributed by atoms with Gasteiger partial charge in [0.05, 0.1) is 17.3 Å². The molecule has 204 valence electrons. The number of hydrazone groups is 1. The Balaban J connectivity index is 1.62. The fraction of sp³-hybridized carbons (Fsp3) is 0.241. The summed E-state index contributed by atoms with van der Waals surface area (Å²) < 4.78 is 12.0.